The van der Waals surface area contributed by atoms with Crippen LogP contribution in [-0.4, -0.2) is 21.6 Å². The van der Waals surface area contributed by atoms with Crippen molar-refractivity contribution in [3.8, 4) is 0 Å². The van der Waals surface area contributed by atoms with Crippen molar-refractivity contribution in [2.75, 3.05) is 11.1 Å². The van der Waals surface area contributed by atoms with Crippen molar-refractivity contribution in [3.05, 3.63) is 82.1 Å². The Morgan fingerprint density at radius 2 is 1.50 bits per heavy atom. The van der Waals surface area contributed by atoms with Gasteiger partial charge in [-0.15, -0.1) is 0 Å². The van der Waals surface area contributed by atoms with E-state index in [0.29, 0.717) is 29.0 Å². The molecule has 0 fully saturated rings. The Kier molecular flexibility index (Phi) is 7.54. The van der Waals surface area contributed by atoms with E-state index in [9.17, 15) is 4.79 Å². The number of nitrogens with zero attached hydrogens (tertiary/aromatic N) is 2. The summed E-state index contributed by atoms with van der Waals surface area (Å²) in [6, 6.07) is 16.8. The summed E-state index contributed by atoms with van der Waals surface area (Å²) in [6.07, 6.45) is 1.48. The standard InChI is InChI=1S/C20H18Cl2N4OS/c21-16-5-1-14(2-6-16)10-23-18-9-20(26-13-25-18)28-12-19(27)24-11-15-3-7-17(22)8-4-15/h1-9,13H,10-12H2,(H,24,27)(H,23,25,26). The lowest BCUT2D eigenvalue weighted by Crippen LogP contribution is -2.24. The number of thioether (sulfide) groups is 1. The zero-order chi connectivity index (χ0) is 19.8. The first-order chi connectivity index (χ1) is 13.6. The number of hydrogen-bond acceptors (Lipinski definition) is 5. The number of aromatic nitrogens is 2. The summed E-state index contributed by atoms with van der Waals surface area (Å²) < 4.78 is 0. The SMILES string of the molecule is O=C(CSc1cc(NCc2ccc(Cl)cc2)ncn1)NCc1ccc(Cl)cc1. The highest BCUT2D eigenvalue weighted by atomic mass is 35.5. The van der Waals surface area contributed by atoms with E-state index in [4.69, 9.17) is 23.2 Å². The van der Waals surface area contributed by atoms with Crippen molar-refractivity contribution < 1.29 is 4.79 Å². The van der Waals surface area contributed by atoms with Crippen molar-refractivity contribution in [1.82, 2.24) is 15.3 Å². The first-order valence-corrected chi connectivity index (χ1v) is 10.3. The topological polar surface area (TPSA) is 66.9 Å². The van der Waals surface area contributed by atoms with Gasteiger partial charge in [-0.1, -0.05) is 59.2 Å². The van der Waals surface area contributed by atoms with Gasteiger partial charge in [0.1, 0.15) is 17.2 Å². The Labute approximate surface area is 177 Å². The Morgan fingerprint density at radius 1 is 0.893 bits per heavy atom. The molecule has 8 heteroatoms. The average molecular weight is 433 g/mol. The molecule has 0 radical (unpaired) electrons. The third kappa shape index (κ3) is 6.71. The molecule has 144 valence electrons. The van der Waals surface area contributed by atoms with Gasteiger partial charge in [-0.2, -0.15) is 0 Å². The monoisotopic (exact) mass is 432 g/mol. The Balaban J connectivity index is 1.45. The normalized spacial score (nSPS) is 10.5. The van der Waals surface area contributed by atoms with Gasteiger partial charge in [-0.25, -0.2) is 9.97 Å². The van der Waals surface area contributed by atoms with Gasteiger partial charge in [-0.05, 0) is 35.4 Å². The molecule has 0 aliphatic heterocycles. The van der Waals surface area contributed by atoms with Gasteiger partial charge in [-0.3, -0.25) is 4.79 Å². The van der Waals surface area contributed by atoms with Crippen molar-refractivity contribution in [3.63, 3.8) is 0 Å². The highest BCUT2D eigenvalue weighted by Gasteiger charge is 2.06. The molecule has 0 unspecified atom stereocenters. The summed E-state index contributed by atoms with van der Waals surface area (Å²) >= 11 is 13.1. The third-order valence-corrected chi connectivity index (χ3v) is 5.21. The number of nitrogens with one attached hydrogen (secondary N) is 2. The molecule has 1 amide bonds. The van der Waals surface area contributed by atoms with E-state index < -0.39 is 0 Å². The van der Waals surface area contributed by atoms with E-state index in [1.54, 1.807) is 12.1 Å². The predicted octanol–water partition coefficient (Wildman–Crippen LogP) is 4.80. The molecule has 1 aromatic heterocycles. The third-order valence-electron chi connectivity index (χ3n) is 3.78. The van der Waals surface area contributed by atoms with Crippen LogP contribution in [0.2, 0.25) is 10.0 Å². The summed E-state index contributed by atoms with van der Waals surface area (Å²) in [7, 11) is 0. The van der Waals surface area contributed by atoms with Crippen LogP contribution in [0, 0.1) is 0 Å². The van der Waals surface area contributed by atoms with Crippen molar-refractivity contribution in [1.29, 1.82) is 0 Å². The van der Waals surface area contributed by atoms with Crippen LogP contribution in [0.4, 0.5) is 5.82 Å². The smallest absolute Gasteiger partial charge is 0.230 e. The number of amides is 1. The van der Waals surface area contributed by atoms with Crippen LogP contribution < -0.4 is 10.6 Å². The van der Waals surface area contributed by atoms with Crippen LogP contribution in [0.15, 0.2) is 66.0 Å². The number of anilines is 1. The van der Waals surface area contributed by atoms with E-state index in [0.717, 1.165) is 16.2 Å². The summed E-state index contributed by atoms with van der Waals surface area (Å²) in [6.45, 7) is 1.09. The Hall–Kier alpha value is -2.28. The van der Waals surface area contributed by atoms with Gasteiger partial charge in [0, 0.05) is 29.2 Å². The zero-order valence-corrected chi connectivity index (χ0v) is 17.2. The number of carbonyl (C=O) groups excluding carboxylic acids is 1. The Bertz CT molecular complexity index is 920. The van der Waals surface area contributed by atoms with E-state index in [2.05, 4.69) is 20.6 Å². The largest absolute Gasteiger partial charge is 0.366 e. The average Bonchev–Trinajstić information content (AvgIpc) is 2.72. The van der Waals surface area contributed by atoms with Crippen LogP contribution >= 0.6 is 35.0 Å². The van der Waals surface area contributed by atoms with Crippen LogP contribution in [0.5, 0.6) is 0 Å². The second kappa shape index (κ2) is 10.3. The van der Waals surface area contributed by atoms with Gasteiger partial charge >= 0.3 is 0 Å². The molecule has 28 heavy (non-hydrogen) atoms. The van der Waals surface area contributed by atoms with E-state index in [1.807, 2.05) is 42.5 Å². The summed E-state index contributed by atoms with van der Waals surface area (Å²) in [4.78, 5) is 20.5. The van der Waals surface area contributed by atoms with E-state index in [-0.39, 0.29) is 11.7 Å². The van der Waals surface area contributed by atoms with Gasteiger partial charge in [0.15, 0.2) is 0 Å². The summed E-state index contributed by atoms with van der Waals surface area (Å²) in [5.74, 6) is 0.921. The Morgan fingerprint density at radius 3 is 2.14 bits per heavy atom. The molecular formula is C20H18Cl2N4OS. The molecule has 2 N–H and O–H groups in total. The quantitative estimate of drug-likeness (QED) is 0.395. The lowest BCUT2D eigenvalue weighted by atomic mass is 10.2. The first-order valence-electron chi connectivity index (χ1n) is 8.53. The fourth-order valence-electron chi connectivity index (χ4n) is 2.30. The van der Waals surface area contributed by atoms with Crippen molar-refractivity contribution in [2.45, 2.75) is 18.1 Å². The fraction of sp³-hybridized carbons (Fsp3) is 0.150. The predicted molar refractivity (Wildman–Crippen MR) is 115 cm³/mol. The highest BCUT2D eigenvalue weighted by molar-refractivity contribution is 7.99. The molecule has 1 heterocycles. The summed E-state index contributed by atoms with van der Waals surface area (Å²) in [5.41, 5.74) is 2.09. The number of rotatable bonds is 8. The van der Waals surface area contributed by atoms with E-state index in [1.165, 1.54) is 18.1 Å². The number of carbonyl (C=O) groups is 1. The number of hydrogen-bond donors (Lipinski definition) is 2. The van der Waals surface area contributed by atoms with E-state index >= 15 is 0 Å². The van der Waals surface area contributed by atoms with Gasteiger partial charge in [0.25, 0.3) is 0 Å². The minimum atomic E-state index is -0.0609. The zero-order valence-electron chi connectivity index (χ0n) is 14.9. The molecule has 5 nitrogen and oxygen atoms in total. The van der Waals surface area contributed by atoms with Crippen LogP contribution in [0.3, 0.4) is 0 Å². The van der Waals surface area contributed by atoms with Crippen LogP contribution in [0.25, 0.3) is 0 Å². The highest BCUT2D eigenvalue weighted by Crippen LogP contribution is 2.18. The molecule has 0 spiro atoms. The molecule has 0 aliphatic rings. The number of halogens is 2. The molecule has 0 atom stereocenters. The van der Waals surface area contributed by atoms with Gasteiger partial charge < -0.3 is 10.6 Å². The molecular weight excluding hydrogens is 415 g/mol. The molecule has 3 aromatic rings. The molecule has 0 bridgehead atoms. The molecule has 0 saturated carbocycles. The van der Waals surface area contributed by atoms with Crippen LogP contribution in [-0.2, 0) is 17.9 Å². The molecule has 0 aliphatic carbocycles. The lowest BCUT2D eigenvalue weighted by molar-refractivity contribution is -0.118. The fourth-order valence-corrected chi connectivity index (χ4v) is 3.25. The number of benzene rings is 2. The van der Waals surface area contributed by atoms with Crippen molar-refractivity contribution >= 4 is 46.7 Å². The molecule has 0 saturated heterocycles. The maximum absolute atomic E-state index is 12.1. The first kappa shape index (κ1) is 20.5. The van der Waals surface area contributed by atoms with Crippen molar-refractivity contribution in [2.24, 2.45) is 0 Å². The second-order valence-corrected chi connectivity index (χ2v) is 7.78. The van der Waals surface area contributed by atoms with Gasteiger partial charge in [0.05, 0.1) is 5.75 Å². The minimum absolute atomic E-state index is 0.0609. The maximum atomic E-state index is 12.1. The van der Waals surface area contributed by atoms with Crippen LogP contribution in [0.1, 0.15) is 11.1 Å². The van der Waals surface area contributed by atoms with Gasteiger partial charge in [0.2, 0.25) is 5.91 Å². The molecule has 2 aromatic carbocycles. The minimum Gasteiger partial charge on any atom is -0.366 e. The maximum Gasteiger partial charge on any atom is 0.230 e. The second-order valence-electron chi connectivity index (χ2n) is 5.91. The lowest BCUT2D eigenvalue weighted by Gasteiger charge is -2.08. The summed E-state index contributed by atoms with van der Waals surface area (Å²) in [5, 5.41) is 8.24. The molecule has 3 rings (SSSR count).